The van der Waals surface area contributed by atoms with Crippen LogP contribution in [0.15, 0.2) is 18.2 Å². The molecule has 0 unspecified atom stereocenters. The number of methoxy groups -OCH3 is 1. The van der Waals surface area contributed by atoms with E-state index in [1.54, 1.807) is 0 Å². The molecule has 1 aromatic carbocycles. The summed E-state index contributed by atoms with van der Waals surface area (Å²) in [7, 11) is 1.53. The number of hydrogen-bond donors (Lipinski definition) is 3. The molecule has 0 radical (unpaired) electrons. The summed E-state index contributed by atoms with van der Waals surface area (Å²) < 4.78 is 4.77. The fourth-order valence-corrected chi connectivity index (χ4v) is 1.45. The molecular weight excluding hydrogens is 272 g/mol. The molecule has 1 rings (SSSR count). The number of carbonyl (C=O) groups is 2. The van der Waals surface area contributed by atoms with Crippen molar-refractivity contribution in [3.63, 3.8) is 0 Å². The molecule has 0 saturated heterocycles. The number of benzene rings is 1. The Labute approximate surface area is 115 Å². The molecule has 0 saturated carbocycles. The van der Waals surface area contributed by atoms with Crippen molar-refractivity contribution in [2.24, 2.45) is 0 Å². The minimum atomic E-state index is -0.441. The van der Waals surface area contributed by atoms with Crippen molar-refractivity contribution >= 4 is 23.4 Å². The summed E-state index contributed by atoms with van der Waals surface area (Å²) in [5.41, 5.74) is 0.271. The SMILES string of the molecule is COCCNC(=O)CNC(=O)c1ccc(O)c(Cl)c1. The van der Waals surface area contributed by atoms with E-state index in [1.165, 1.54) is 25.3 Å². The van der Waals surface area contributed by atoms with Crippen LogP contribution >= 0.6 is 11.6 Å². The molecule has 6 nitrogen and oxygen atoms in total. The third-order valence-corrected chi connectivity index (χ3v) is 2.55. The van der Waals surface area contributed by atoms with Crippen molar-refractivity contribution < 1.29 is 19.4 Å². The van der Waals surface area contributed by atoms with E-state index in [2.05, 4.69) is 10.6 Å². The molecule has 0 atom stereocenters. The molecule has 3 N–H and O–H groups in total. The highest BCUT2D eigenvalue weighted by molar-refractivity contribution is 6.32. The minimum absolute atomic E-state index is 0.0807. The number of phenolic OH excluding ortho intramolecular Hbond substituents is 1. The molecule has 0 spiro atoms. The van der Waals surface area contributed by atoms with Crippen LogP contribution in [0.2, 0.25) is 5.02 Å². The summed E-state index contributed by atoms with van der Waals surface area (Å²) in [5.74, 6) is -0.852. The van der Waals surface area contributed by atoms with Crippen molar-refractivity contribution in [3.05, 3.63) is 28.8 Å². The predicted molar refractivity (Wildman–Crippen MR) is 70.3 cm³/mol. The Morgan fingerprint density at radius 3 is 2.74 bits per heavy atom. The zero-order valence-electron chi connectivity index (χ0n) is 10.4. The number of ether oxygens (including phenoxy) is 1. The van der Waals surface area contributed by atoms with Crippen LogP contribution in [-0.2, 0) is 9.53 Å². The lowest BCUT2D eigenvalue weighted by Crippen LogP contribution is -2.38. The second-order valence-electron chi connectivity index (χ2n) is 3.69. The molecule has 0 aliphatic carbocycles. The fraction of sp³-hybridized carbons (Fsp3) is 0.333. The summed E-state index contributed by atoms with van der Waals surface area (Å²) in [6, 6.07) is 4.06. The van der Waals surface area contributed by atoms with Crippen molar-refractivity contribution in [3.8, 4) is 5.75 Å². The molecule has 0 aromatic heterocycles. The lowest BCUT2D eigenvalue weighted by molar-refractivity contribution is -0.120. The third kappa shape index (κ3) is 5.15. The lowest BCUT2D eigenvalue weighted by atomic mass is 10.2. The minimum Gasteiger partial charge on any atom is -0.506 e. The number of aromatic hydroxyl groups is 1. The van der Waals surface area contributed by atoms with Crippen LogP contribution in [0.5, 0.6) is 5.75 Å². The van der Waals surface area contributed by atoms with Crippen LogP contribution in [-0.4, -0.2) is 43.7 Å². The van der Waals surface area contributed by atoms with E-state index >= 15 is 0 Å². The van der Waals surface area contributed by atoms with Crippen LogP contribution in [0, 0.1) is 0 Å². The zero-order valence-corrected chi connectivity index (χ0v) is 11.2. The molecule has 2 amide bonds. The Balaban J connectivity index is 2.42. The fourth-order valence-electron chi connectivity index (χ4n) is 1.27. The number of carbonyl (C=O) groups excluding carboxylic acids is 2. The molecular formula is C12H15ClN2O4. The monoisotopic (exact) mass is 286 g/mol. The maximum Gasteiger partial charge on any atom is 0.251 e. The third-order valence-electron chi connectivity index (χ3n) is 2.25. The lowest BCUT2D eigenvalue weighted by Gasteiger charge is -2.07. The summed E-state index contributed by atoms with van der Waals surface area (Å²) in [6.07, 6.45) is 0. The number of nitrogens with one attached hydrogen (secondary N) is 2. The van der Waals surface area contributed by atoms with Gasteiger partial charge in [0.05, 0.1) is 18.2 Å². The van der Waals surface area contributed by atoms with Gasteiger partial charge in [0.2, 0.25) is 5.91 Å². The van der Waals surface area contributed by atoms with Gasteiger partial charge in [-0.2, -0.15) is 0 Å². The van der Waals surface area contributed by atoms with Gasteiger partial charge in [0.15, 0.2) is 0 Å². The summed E-state index contributed by atoms with van der Waals surface area (Å²) >= 11 is 5.68. The van der Waals surface area contributed by atoms with E-state index in [9.17, 15) is 14.7 Å². The molecule has 0 fully saturated rings. The van der Waals surface area contributed by atoms with Gasteiger partial charge in [-0.05, 0) is 18.2 Å². The summed E-state index contributed by atoms with van der Waals surface area (Å²) in [4.78, 5) is 23.0. The molecule has 0 heterocycles. The van der Waals surface area contributed by atoms with Gasteiger partial charge in [0.25, 0.3) is 5.91 Å². The van der Waals surface area contributed by atoms with Gasteiger partial charge in [-0.1, -0.05) is 11.6 Å². The van der Waals surface area contributed by atoms with Crippen LogP contribution in [0.4, 0.5) is 0 Å². The van der Waals surface area contributed by atoms with Gasteiger partial charge >= 0.3 is 0 Å². The van der Waals surface area contributed by atoms with E-state index in [4.69, 9.17) is 16.3 Å². The Morgan fingerprint density at radius 1 is 1.37 bits per heavy atom. The Morgan fingerprint density at radius 2 is 2.11 bits per heavy atom. The average molecular weight is 287 g/mol. The van der Waals surface area contributed by atoms with Crippen molar-refractivity contribution in [2.75, 3.05) is 26.8 Å². The Bertz CT molecular complexity index is 465. The van der Waals surface area contributed by atoms with Crippen LogP contribution in [0.1, 0.15) is 10.4 Å². The Hall–Kier alpha value is -1.79. The van der Waals surface area contributed by atoms with Gasteiger partial charge in [-0.25, -0.2) is 0 Å². The van der Waals surface area contributed by atoms with E-state index in [1.807, 2.05) is 0 Å². The largest absolute Gasteiger partial charge is 0.506 e. The van der Waals surface area contributed by atoms with Gasteiger partial charge < -0.3 is 20.5 Å². The quantitative estimate of drug-likeness (QED) is 0.666. The highest BCUT2D eigenvalue weighted by atomic mass is 35.5. The normalized spacial score (nSPS) is 10.0. The van der Waals surface area contributed by atoms with Crippen LogP contribution in [0.3, 0.4) is 0 Å². The number of rotatable bonds is 6. The first kappa shape index (κ1) is 15.3. The molecule has 7 heteroatoms. The summed E-state index contributed by atoms with van der Waals surface area (Å²) in [5, 5.41) is 14.3. The second kappa shape index (κ2) is 7.60. The predicted octanol–water partition coefficient (Wildman–Crippen LogP) is 0.538. The maximum atomic E-state index is 11.7. The highest BCUT2D eigenvalue weighted by Crippen LogP contribution is 2.23. The van der Waals surface area contributed by atoms with Crippen molar-refractivity contribution in [2.45, 2.75) is 0 Å². The van der Waals surface area contributed by atoms with E-state index in [0.717, 1.165) is 0 Å². The van der Waals surface area contributed by atoms with E-state index < -0.39 is 5.91 Å². The first-order valence-electron chi connectivity index (χ1n) is 5.57. The molecule has 0 aliphatic heterocycles. The number of amides is 2. The number of hydrogen-bond acceptors (Lipinski definition) is 4. The molecule has 0 bridgehead atoms. The van der Waals surface area contributed by atoms with Crippen LogP contribution in [0.25, 0.3) is 0 Å². The van der Waals surface area contributed by atoms with Crippen molar-refractivity contribution in [1.82, 2.24) is 10.6 Å². The van der Waals surface area contributed by atoms with Crippen LogP contribution < -0.4 is 10.6 Å². The molecule has 104 valence electrons. The molecule has 19 heavy (non-hydrogen) atoms. The standard InChI is InChI=1S/C12H15ClN2O4/c1-19-5-4-14-11(17)7-15-12(18)8-2-3-10(16)9(13)6-8/h2-3,6,16H,4-5,7H2,1H3,(H,14,17)(H,15,18). The van der Waals surface area contributed by atoms with Gasteiger partial charge in [0.1, 0.15) is 5.75 Å². The second-order valence-corrected chi connectivity index (χ2v) is 4.10. The molecule has 1 aromatic rings. The first-order valence-corrected chi connectivity index (χ1v) is 5.94. The topological polar surface area (TPSA) is 87.7 Å². The smallest absolute Gasteiger partial charge is 0.251 e. The molecule has 0 aliphatic rings. The average Bonchev–Trinajstić information content (AvgIpc) is 2.39. The summed E-state index contributed by atoms with van der Waals surface area (Å²) in [6.45, 7) is 0.657. The van der Waals surface area contributed by atoms with Gasteiger partial charge in [0, 0.05) is 19.2 Å². The zero-order chi connectivity index (χ0) is 14.3. The first-order chi connectivity index (χ1) is 9.04. The van der Waals surface area contributed by atoms with E-state index in [0.29, 0.717) is 13.2 Å². The van der Waals surface area contributed by atoms with Gasteiger partial charge in [-0.3, -0.25) is 9.59 Å². The number of phenols is 1. The number of halogens is 1. The van der Waals surface area contributed by atoms with Gasteiger partial charge in [-0.15, -0.1) is 0 Å². The maximum absolute atomic E-state index is 11.7. The highest BCUT2D eigenvalue weighted by Gasteiger charge is 2.09. The van der Waals surface area contributed by atoms with Crippen molar-refractivity contribution in [1.29, 1.82) is 0 Å². The van der Waals surface area contributed by atoms with E-state index in [-0.39, 0.29) is 28.8 Å². The Kier molecular flexibility index (Phi) is 6.11.